The highest BCUT2D eigenvalue weighted by Crippen LogP contribution is 2.33. The Hall–Kier alpha value is -3.41. The summed E-state index contributed by atoms with van der Waals surface area (Å²) in [6, 6.07) is 19.3. The summed E-state index contributed by atoms with van der Waals surface area (Å²) < 4.78 is 7.47. The highest BCUT2D eigenvalue weighted by molar-refractivity contribution is 7.98. The van der Waals surface area contributed by atoms with Gasteiger partial charge in [0, 0.05) is 38.1 Å². The third-order valence-corrected chi connectivity index (χ3v) is 9.48. The lowest BCUT2D eigenvalue weighted by atomic mass is 10.2. The van der Waals surface area contributed by atoms with Crippen LogP contribution in [0.1, 0.15) is 21.1 Å². The number of hydrogen-bond donors (Lipinski definition) is 0. The first kappa shape index (κ1) is 28.7. The molecule has 1 saturated heterocycles. The zero-order valence-corrected chi connectivity index (χ0v) is 25.5. The first-order chi connectivity index (χ1) is 20.5. The molecule has 0 saturated carbocycles. The first-order valence-electron chi connectivity index (χ1n) is 13.3. The monoisotopic (exact) mass is 636 g/mol. The van der Waals surface area contributed by atoms with Crippen LogP contribution in [0, 0.1) is 0 Å². The van der Waals surface area contributed by atoms with Gasteiger partial charge in [0.1, 0.15) is 10.7 Å². The van der Waals surface area contributed by atoms with Crippen molar-refractivity contribution in [1.29, 1.82) is 0 Å². The first-order valence-corrected chi connectivity index (χ1v) is 15.9. The number of thioether (sulfide) groups is 1. The van der Waals surface area contributed by atoms with Gasteiger partial charge in [0.25, 0.3) is 5.91 Å². The SMILES string of the molecule is O=C(c1csc(CSc2nnc(-c3ccco3)n2-c2ccc(Cl)c(Cl)c2)n1)N1CCN(C/C=C/c2ccccc2)CC1. The Morgan fingerprint density at radius 2 is 1.83 bits per heavy atom. The molecule has 1 amide bonds. The van der Waals surface area contributed by atoms with E-state index in [0.717, 1.165) is 30.3 Å². The molecule has 1 aliphatic rings. The van der Waals surface area contributed by atoms with E-state index >= 15 is 0 Å². The predicted molar refractivity (Wildman–Crippen MR) is 169 cm³/mol. The van der Waals surface area contributed by atoms with Gasteiger partial charge < -0.3 is 9.32 Å². The molecule has 0 radical (unpaired) electrons. The third-order valence-electron chi connectivity index (χ3n) is 6.76. The summed E-state index contributed by atoms with van der Waals surface area (Å²) in [6.45, 7) is 3.90. The van der Waals surface area contributed by atoms with Gasteiger partial charge in [-0.3, -0.25) is 14.3 Å². The van der Waals surface area contributed by atoms with Gasteiger partial charge in [-0.25, -0.2) is 4.98 Å². The molecular weight excluding hydrogens is 611 g/mol. The summed E-state index contributed by atoms with van der Waals surface area (Å²) in [7, 11) is 0. The van der Waals surface area contributed by atoms with Crippen LogP contribution in [-0.2, 0) is 5.75 Å². The highest BCUT2D eigenvalue weighted by atomic mass is 35.5. The average Bonchev–Trinajstić information content (AvgIpc) is 3.79. The van der Waals surface area contributed by atoms with Crippen molar-refractivity contribution >= 4 is 58.3 Å². The summed E-state index contributed by atoms with van der Waals surface area (Å²) in [4.78, 5) is 22.1. The molecule has 1 fully saturated rings. The Morgan fingerprint density at radius 1 is 1.00 bits per heavy atom. The van der Waals surface area contributed by atoms with Crippen molar-refractivity contribution < 1.29 is 9.21 Å². The minimum atomic E-state index is -0.0268. The van der Waals surface area contributed by atoms with E-state index in [-0.39, 0.29) is 5.91 Å². The Morgan fingerprint density at radius 3 is 2.60 bits per heavy atom. The molecule has 0 aliphatic carbocycles. The van der Waals surface area contributed by atoms with Crippen LogP contribution in [-0.4, -0.2) is 68.2 Å². The van der Waals surface area contributed by atoms with Crippen molar-refractivity contribution in [2.45, 2.75) is 10.9 Å². The molecule has 42 heavy (non-hydrogen) atoms. The van der Waals surface area contributed by atoms with Gasteiger partial charge >= 0.3 is 0 Å². The molecular formula is C30H26Cl2N6O2S2. The Kier molecular flexibility index (Phi) is 9.07. The minimum Gasteiger partial charge on any atom is -0.461 e. The number of furan rings is 1. The molecule has 1 aliphatic heterocycles. The van der Waals surface area contributed by atoms with Crippen LogP contribution in [0.3, 0.4) is 0 Å². The maximum absolute atomic E-state index is 13.2. The summed E-state index contributed by atoms with van der Waals surface area (Å²) in [5, 5.41) is 13.0. The Labute approximate surface area is 261 Å². The topological polar surface area (TPSA) is 80.3 Å². The van der Waals surface area contributed by atoms with E-state index in [9.17, 15) is 4.79 Å². The van der Waals surface area contributed by atoms with Crippen LogP contribution in [0.4, 0.5) is 0 Å². The zero-order chi connectivity index (χ0) is 28.9. The summed E-state index contributed by atoms with van der Waals surface area (Å²) in [5.41, 5.74) is 2.43. The van der Waals surface area contributed by atoms with Gasteiger partial charge in [0.2, 0.25) is 5.82 Å². The quantitative estimate of drug-likeness (QED) is 0.160. The van der Waals surface area contributed by atoms with Crippen LogP contribution in [0.15, 0.2) is 88.0 Å². The summed E-state index contributed by atoms with van der Waals surface area (Å²) in [5.74, 6) is 1.62. The smallest absolute Gasteiger partial charge is 0.273 e. The molecule has 2 aromatic carbocycles. The molecule has 3 aromatic heterocycles. The van der Waals surface area contributed by atoms with Gasteiger partial charge in [-0.15, -0.1) is 21.5 Å². The number of rotatable bonds is 9. The van der Waals surface area contributed by atoms with E-state index in [1.165, 1.54) is 28.7 Å². The van der Waals surface area contributed by atoms with Crippen molar-refractivity contribution in [3.8, 4) is 17.3 Å². The second kappa shape index (κ2) is 13.3. The minimum absolute atomic E-state index is 0.0268. The van der Waals surface area contributed by atoms with Crippen LogP contribution in [0.25, 0.3) is 23.3 Å². The molecule has 214 valence electrons. The maximum Gasteiger partial charge on any atom is 0.273 e. The lowest BCUT2D eigenvalue weighted by Crippen LogP contribution is -2.48. The maximum atomic E-state index is 13.2. The molecule has 4 heterocycles. The fraction of sp³-hybridized carbons (Fsp3) is 0.200. The second-order valence-corrected chi connectivity index (χ2v) is 12.2. The molecule has 0 atom stereocenters. The lowest BCUT2D eigenvalue weighted by molar-refractivity contribution is 0.0645. The van der Waals surface area contributed by atoms with E-state index in [1.807, 2.05) is 45.2 Å². The number of thiazole rings is 1. The normalized spacial score (nSPS) is 14.2. The molecule has 6 rings (SSSR count). The number of carbonyl (C=O) groups excluding carboxylic acids is 1. The second-order valence-electron chi connectivity index (χ2n) is 9.54. The molecule has 0 unspecified atom stereocenters. The lowest BCUT2D eigenvalue weighted by Gasteiger charge is -2.33. The van der Waals surface area contributed by atoms with Gasteiger partial charge in [0.15, 0.2) is 10.9 Å². The molecule has 0 spiro atoms. The fourth-order valence-electron chi connectivity index (χ4n) is 4.58. The van der Waals surface area contributed by atoms with E-state index in [4.69, 9.17) is 27.6 Å². The van der Waals surface area contributed by atoms with Gasteiger partial charge in [0.05, 0.1) is 27.7 Å². The van der Waals surface area contributed by atoms with Crippen LogP contribution < -0.4 is 0 Å². The number of hydrogen-bond acceptors (Lipinski definition) is 8. The average molecular weight is 638 g/mol. The van der Waals surface area contributed by atoms with Crippen LogP contribution in [0.5, 0.6) is 0 Å². The van der Waals surface area contributed by atoms with E-state index in [1.54, 1.807) is 24.5 Å². The standard InChI is InChI=1S/C30H26Cl2N6O2S2/c31-23-11-10-22(18-24(23)32)38-28(26-9-5-17-40-26)34-35-30(38)42-20-27-33-25(19-41-27)29(39)37-15-13-36(14-16-37)12-4-8-21-6-2-1-3-7-21/h1-11,17-19H,12-16,20H2/b8-4+. The number of benzene rings is 2. The van der Waals surface area contributed by atoms with Crippen molar-refractivity contribution in [3.05, 3.63) is 105 Å². The van der Waals surface area contributed by atoms with Gasteiger partial charge in [-0.05, 0) is 35.9 Å². The molecule has 0 N–H and O–H groups in total. The molecule has 12 heteroatoms. The molecule has 8 nitrogen and oxygen atoms in total. The van der Waals surface area contributed by atoms with Gasteiger partial charge in [-0.1, -0.05) is 77.4 Å². The van der Waals surface area contributed by atoms with Crippen LogP contribution >= 0.6 is 46.3 Å². The van der Waals surface area contributed by atoms with Crippen molar-refractivity contribution in [3.63, 3.8) is 0 Å². The largest absolute Gasteiger partial charge is 0.461 e. The zero-order valence-electron chi connectivity index (χ0n) is 22.4. The number of aromatic nitrogens is 4. The number of halogens is 2. The van der Waals surface area contributed by atoms with Crippen molar-refractivity contribution in [1.82, 2.24) is 29.5 Å². The number of nitrogens with zero attached hydrogens (tertiary/aromatic N) is 6. The Balaban J connectivity index is 1.08. The molecule has 0 bridgehead atoms. The van der Waals surface area contributed by atoms with Crippen molar-refractivity contribution in [2.75, 3.05) is 32.7 Å². The van der Waals surface area contributed by atoms with E-state index < -0.39 is 0 Å². The summed E-state index contributed by atoms with van der Waals surface area (Å²) in [6.07, 6.45) is 5.90. The number of piperazine rings is 1. The summed E-state index contributed by atoms with van der Waals surface area (Å²) >= 11 is 15.4. The van der Waals surface area contributed by atoms with Crippen molar-refractivity contribution in [2.24, 2.45) is 0 Å². The van der Waals surface area contributed by atoms with E-state index in [2.05, 4.69) is 44.4 Å². The third kappa shape index (κ3) is 6.63. The van der Waals surface area contributed by atoms with Crippen LogP contribution in [0.2, 0.25) is 10.0 Å². The highest BCUT2D eigenvalue weighted by Gasteiger charge is 2.24. The van der Waals surface area contributed by atoms with Gasteiger partial charge in [-0.2, -0.15) is 0 Å². The number of amides is 1. The van der Waals surface area contributed by atoms with E-state index in [0.29, 0.717) is 51.3 Å². The number of carbonyl (C=O) groups is 1. The molecule has 5 aromatic rings. The Bertz CT molecular complexity index is 1680. The fourth-order valence-corrected chi connectivity index (χ4v) is 6.62. The predicted octanol–water partition coefficient (Wildman–Crippen LogP) is 7.05.